The number of amides is 2. The van der Waals surface area contributed by atoms with E-state index in [4.69, 9.17) is 9.72 Å². The molecule has 0 unspecified atom stereocenters. The van der Waals surface area contributed by atoms with Crippen LogP contribution in [0, 0.1) is 0 Å². The zero-order chi connectivity index (χ0) is 29.3. The molecule has 2 fully saturated rings. The number of alkyl halides is 2. The molecule has 3 aliphatic rings. The van der Waals surface area contributed by atoms with Gasteiger partial charge in [0.05, 0.1) is 31.1 Å². The highest BCUT2D eigenvalue weighted by molar-refractivity contribution is 6.02. The SMILES string of the molecule is CNC(=O)c1cc(C2CCN(C)CC2)cc(Nc2ncc3c(n2)N(C2CCCCC2)CC(F)(F)C(=O)N3C)c1OC. The number of anilines is 4. The highest BCUT2D eigenvalue weighted by Crippen LogP contribution is 2.41. The molecule has 1 aromatic heterocycles. The Hall–Kier alpha value is -3.54. The second-order valence-electron chi connectivity index (χ2n) is 11.3. The number of hydrogen-bond acceptors (Lipinski definition) is 8. The third kappa shape index (κ3) is 5.79. The molecular weight excluding hydrogens is 532 g/mol. The van der Waals surface area contributed by atoms with Crippen LogP contribution >= 0.6 is 0 Å². The van der Waals surface area contributed by atoms with Crippen LogP contribution in [-0.4, -0.2) is 86.5 Å². The highest BCUT2D eigenvalue weighted by atomic mass is 19.3. The Balaban J connectivity index is 1.56. The molecule has 5 rings (SSSR count). The first-order valence-corrected chi connectivity index (χ1v) is 14.3. The van der Waals surface area contributed by atoms with Crippen LogP contribution in [0.25, 0.3) is 0 Å². The smallest absolute Gasteiger partial charge is 0.342 e. The first-order valence-electron chi connectivity index (χ1n) is 14.3. The maximum absolute atomic E-state index is 15.1. The molecule has 2 amide bonds. The van der Waals surface area contributed by atoms with Crippen molar-refractivity contribution in [3.63, 3.8) is 0 Å². The molecule has 10 nitrogen and oxygen atoms in total. The molecule has 0 spiro atoms. The fourth-order valence-electron chi connectivity index (χ4n) is 6.25. The number of rotatable bonds is 6. The van der Waals surface area contributed by atoms with E-state index in [0.717, 1.165) is 68.5 Å². The van der Waals surface area contributed by atoms with Gasteiger partial charge in [0.2, 0.25) is 5.95 Å². The van der Waals surface area contributed by atoms with Crippen molar-refractivity contribution in [2.45, 2.75) is 62.8 Å². The highest BCUT2D eigenvalue weighted by Gasteiger charge is 2.48. The van der Waals surface area contributed by atoms with Gasteiger partial charge < -0.3 is 30.1 Å². The van der Waals surface area contributed by atoms with E-state index in [1.54, 1.807) is 11.9 Å². The first kappa shape index (κ1) is 29.0. The molecule has 41 heavy (non-hydrogen) atoms. The van der Waals surface area contributed by atoms with Crippen LogP contribution in [0.15, 0.2) is 18.3 Å². The van der Waals surface area contributed by atoms with Crippen molar-refractivity contribution < 1.29 is 23.1 Å². The van der Waals surface area contributed by atoms with Crippen LogP contribution in [0.2, 0.25) is 0 Å². The Morgan fingerprint density at radius 2 is 1.80 bits per heavy atom. The van der Waals surface area contributed by atoms with Gasteiger partial charge in [-0.15, -0.1) is 0 Å². The molecule has 0 atom stereocenters. The van der Waals surface area contributed by atoms with Gasteiger partial charge in [0.15, 0.2) is 11.6 Å². The number of nitrogens with zero attached hydrogens (tertiary/aromatic N) is 5. The number of piperidine rings is 1. The van der Waals surface area contributed by atoms with Crippen LogP contribution in [-0.2, 0) is 4.79 Å². The monoisotopic (exact) mass is 571 g/mol. The normalized spacial score (nSPS) is 20.4. The average Bonchev–Trinajstić information content (AvgIpc) is 3.05. The maximum atomic E-state index is 15.1. The van der Waals surface area contributed by atoms with E-state index >= 15 is 8.78 Å². The minimum atomic E-state index is -3.56. The standard InChI is InChI=1S/C29H39F2N7O3/c1-32-26(39)21-14-19(18-10-12-36(2)13-11-18)15-22(24(21)41-4)34-28-33-16-23-25(35-28)38(20-8-6-5-7-9-20)17-29(30,31)27(40)37(23)3/h14-16,18,20H,5-13,17H2,1-4H3,(H,32,39)(H,33,34,35). The Morgan fingerprint density at radius 3 is 2.46 bits per heavy atom. The van der Waals surface area contributed by atoms with Gasteiger partial charge in [-0.05, 0) is 69.4 Å². The van der Waals surface area contributed by atoms with Crippen molar-refractivity contribution >= 4 is 35.0 Å². The minimum Gasteiger partial charge on any atom is -0.494 e. The number of benzene rings is 1. The van der Waals surface area contributed by atoms with Crippen molar-refractivity contribution in [1.29, 1.82) is 0 Å². The summed E-state index contributed by atoms with van der Waals surface area (Å²) >= 11 is 0. The number of nitrogens with one attached hydrogen (secondary N) is 2. The third-order valence-electron chi connectivity index (χ3n) is 8.61. The van der Waals surface area contributed by atoms with E-state index in [1.807, 2.05) is 12.1 Å². The molecule has 1 aliphatic carbocycles. The zero-order valence-corrected chi connectivity index (χ0v) is 24.2. The number of hydrogen-bond donors (Lipinski definition) is 2. The minimum absolute atomic E-state index is 0.155. The van der Waals surface area contributed by atoms with Crippen molar-refractivity contribution in [3.05, 3.63) is 29.5 Å². The van der Waals surface area contributed by atoms with Crippen LogP contribution < -0.4 is 25.2 Å². The Labute approximate surface area is 239 Å². The number of ether oxygens (including phenoxy) is 1. The number of halogens is 2. The van der Waals surface area contributed by atoms with Gasteiger partial charge in [0, 0.05) is 20.1 Å². The first-order chi connectivity index (χ1) is 19.6. The molecule has 2 aliphatic heterocycles. The fourth-order valence-corrected chi connectivity index (χ4v) is 6.25. The van der Waals surface area contributed by atoms with E-state index in [9.17, 15) is 9.59 Å². The molecule has 0 radical (unpaired) electrons. The average molecular weight is 572 g/mol. The number of methoxy groups -OCH3 is 1. The summed E-state index contributed by atoms with van der Waals surface area (Å²) < 4.78 is 35.8. The number of carbonyl (C=O) groups excluding carboxylic acids is 2. The van der Waals surface area contributed by atoms with Crippen LogP contribution in [0.5, 0.6) is 5.75 Å². The molecule has 12 heteroatoms. The Kier molecular flexibility index (Phi) is 8.30. The zero-order valence-electron chi connectivity index (χ0n) is 24.2. The van der Waals surface area contributed by atoms with Gasteiger partial charge in [0.1, 0.15) is 5.69 Å². The predicted octanol–water partition coefficient (Wildman–Crippen LogP) is 4.15. The Bertz CT molecular complexity index is 1290. The van der Waals surface area contributed by atoms with Gasteiger partial charge in [-0.3, -0.25) is 9.59 Å². The summed E-state index contributed by atoms with van der Waals surface area (Å²) in [7, 11) is 6.49. The van der Waals surface area contributed by atoms with Crippen LogP contribution in [0.1, 0.15) is 66.8 Å². The number of fused-ring (bicyclic) bond motifs is 1. The van der Waals surface area contributed by atoms with E-state index in [1.165, 1.54) is 20.4 Å². The Morgan fingerprint density at radius 1 is 1.10 bits per heavy atom. The maximum Gasteiger partial charge on any atom is 0.342 e. The molecule has 1 saturated carbocycles. The van der Waals surface area contributed by atoms with Crippen molar-refractivity contribution in [3.8, 4) is 5.75 Å². The molecule has 2 aromatic rings. The van der Waals surface area contributed by atoms with Gasteiger partial charge >= 0.3 is 5.92 Å². The quantitative estimate of drug-likeness (QED) is 0.533. The van der Waals surface area contributed by atoms with E-state index in [2.05, 4.69) is 27.6 Å². The van der Waals surface area contributed by atoms with Crippen molar-refractivity contribution in [1.82, 2.24) is 20.2 Å². The predicted molar refractivity (Wildman–Crippen MR) is 154 cm³/mol. The van der Waals surface area contributed by atoms with Crippen LogP contribution in [0.3, 0.4) is 0 Å². The molecule has 1 aromatic carbocycles. The lowest BCUT2D eigenvalue weighted by Crippen LogP contribution is -2.49. The molecule has 1 saturated heterocycles. The topological polar surface area (TPSA) is 103 Å². The molecule has 0 bridgehead atoms. The van der Waals surface area contributed by atoms with Gasteiger partial charge in [-0.2, -0.15) is 13.8 Å². The van der Waals surface area contributed by atoms with E-state index in [-0.39, 0.29) is 29.5 Å². The second-order valence-corrected chi connectivity index (χ2v) is 11.3. The molecule has 2 N–H and O–H groups in total. The van der Waals surface area contributed by atoms with E-state index in [0.29, 0.717) is 22.8 Å². The lowest BCUT2D eigenvalue weighted by molar-refractivity contribution is -0.140. The number of aromatic nitrogens is 2. The molecule has 3 heterocycles. The van der Waals surface area contributed by atoms with Crippen LogP contribution in [0.4, 0.5) is 31.9 Å². The molecular formula is C29H39F2N7O3. The summed E-state index contributed by atoms with van der Waals surface area (Å²) in [6, 6.07) is 3.68. The lowest BCUT2D eigenvalue weighted by atomic mass is 9.88. The number of likely N-dealkylation sites (tertiary alicyclic amines) is 1. The summed E-state index contributed by atoms with van der Waals surface area (Å²) in [5.74, 6) is -4.07. The largest absolute Gasteiger partial charge is 0.494 e. The van der Waals surface area contributed by atoms with Crippen molar-refractivity contribution in [2.24, 2.45) is 0 Å². The summed E-state index contributed by atoms with van der Waals surface area (Å²) in [6.07, 6.45) is 7.75. The fraction of sp³-hybridized carbons (Fsp3) is 0.586. The van der Waals surface area contributed by atoms with Gasteiger partial charge in [-0.25, -0.2) is 4.98 Å². The van der Waals surface area contributed by atoms with Gasteiger partial charge in [0.25, 0.3) is 11.8 Å². The second kappa shape index (κ2) is 11.8. The lowest BCUT2D eigenvalue weighted by Gasteiger charge is -2.35. The van der Waals surface area contributed by atoms with E-state index < -0.39 is 18.4 Å². The summed E-state index contributed by atoms with van der Waals surface area (Å²) in [5.41, 5.74) is 2.14. The van der Waals surface area contributed by atoms with Gasteiger partial charge in [-0.1, -0.05) is 19.3 Å². The summed E-state index contributed by atoms with van der Waals surface area (Å²) in [6.45, 7) is 1.17. The summed E-state index contributed by atoms with van der Waals surface area (Å²) in [5, 5.41) is 5.91. The third-order valence-corrected chi connectivity index (χ3v) is 8.61. The number of carbonyl (C=O) groups is 2. The summed E-state index contributed by atoms with van der Waals surface area (Å²) in [4.78, 5) is 39.5. The van der Waals surface area contributed by atoms with Crippen molar-refractivity contribution in [2.75, 3.05) is 63.0 Å². The molecule has 222 valence electrons.